The smallest absolute Gasteiger partial charge is 0.407 e. The van der Waals surface area contributed by atoms with E-state index in [2.05, 4.69) is 5.32 Å². The molecule has 0 radical (unpaired) electrons. The zero-order valence-corrected chi connectivity index (χ0v) is 15.5. The van der Waals surface area contributed by atoms with Gasteiger partial charge in [-0.3, -0.25) is 0 Å². The highest BCUT2D eigenvalue weighted by molar-refractivity contribution is 5.97. The lowest BCUT2D eigenvalue weighted by atomic mass is 10.1. The quantitative estimate of drug-likeness (QED) is 0.391. The van der Waals surface area contributed by atoms with Crippen molar-refractivity contribution in [3.63, 3.8) is 0 Å². The second kappa shape index (κ2) is 11.5. The molecule has 0 aliphatic rings. The van der Waals surface area contributed by atoms with Crippen LogP contribution >= 0.6 is 0 Å². The van der Waals surface area contributed by atoms with E-state index in [4.69, 9.17) is 15.2 Å². The Morgan fingerprint density at radius 1 is 0.929 bits per heavy atom. The zero-order chi connectivity index (χ0) is 20.2. The monoisotopic (exact) mass is 384 g/mol. The Balaban J connectivity index is 1.56. The summed E-state index contributed by atoms with van der Waals surface area (Å²) in [5.74, 6) is -1.48. The maximum Gasteiger partial charge on any atom is 0.407 e. The SMILES string of the molecule is N[C@@H](CCCCNC(=O)OCc1ccccc1)C(=O)OC(=O)c1ccccc1. The van der Waals surface area contributed by atoms with Crippen LogP contribution in [0.1, 0.15) is 35.2 Å². The second-order valence-corrected chi connectivity index (χ2v) is 6.17. The number of esters is 2. The van der Waals surface area contributed by atoms with Gasteiger partial charge < -0.3 is 20.5 Å². The van der Waals surface area contributed by atoms with Gasteiger partial charge in [-0.2, -0.15) is 0 Å². The topological polar surface area (TPSA) is 108 Å². The summed E-state index contributed by atoms with van der Waals surface area (Å²) in [4.78, 5) is 35.3. The molecule has 2 rings (SSSR count). The number of nitrogens with one attached hydrogen (secondary N) is 1. The van der Waals surface area contributed by atoms with Gasteiger partial charge in [0.15, 0.2) is 0 Å². The minimum atomic E-state index is -0.891. The van der Waals surface area contributed by atoms with Crippen molar-refractivity contribution in [2.24, 2.45) is 5.73 Å². The van der Waals surface area contributed by atoms with E-state index in [1.54, 1.807) is 30.3 Å². The maximum atomic E-state index is 11.9. The summed E-state index contributed by atoms with van der Waals surface area (Å²) < 4.78 is 9.87. The molecule has 1 amide bonds. The molecule has 0 unspecified atom stereocenters. The number of benzene rings is 2. The summed E-state index contributed by atoms with van der Waals surface area (Å²) in [5.41, 5.74) is 6.96. The molecule has 3 N–H and O–H groups in total. The van der Waals surface area contributed by atoms with Crippen molar-refractivity contribution in [1.29, 1.82) is 0 Å². The molecule has 0 aliphatic carbocycles. The molecule has 0 saturated heterocycles. The highest BCUT2D eigenvalue weighted by Gasteiger charge is 2.19. The van der Waals surface area contributed by atoms with Gasteiger partial charge in [0.05, 0.1) is 5.56 Å². The molecule has 0 bridgehead atoms. The third kappa shape index (κ3) is 7.59. The van der Waals surface area contributed by atoms with Crippen LogP contribution in [0.4, 0.5) is 4.79 Å². The van der Waals surface area contributed by atoms with Gasteiger partial charge in [0, 0.05) is 6.54 Å². The number of carbonyl (C=O) groups excluding carboxylic acids is 3. The van der Waals surface area contributed by atoms with Gasteiger partial charge in [-0.1, -0.05) is 48.5 Å². The summed E-state index contributed by atoms with van der Waals surface area (Å²) in [6.45, 7) is 0.608. The summed E-state index contributed by atoms with van der Waals surface area (Å²) in [6, 6.07) is 16.7. The molecule has 0 aromatic heterocycles. The van der Waals surface area contributed by atoms with Crippen LogP contribution in [0.15, 0.2) is 60.7 Å². The Morgan fingerprint density at radius 3 is 2.25 bits per heavy atom. The highest BCUT2D eigenvalue weighted by Crippen LogP contribution is 2.05. The Labute approximate surface area is 163 Å². The maximum absolute atomic E-state index is 11.9. The van der Waals surface area contributed by atoms with Crippen molar-refractivity contribution < 1.29 is 23.9 Å². The fraction of sp³-hybridized carbons (Fsp3) is 0.286. The molecule has 0 saturated carbocycles. The normalized spacial score (nSPS) is 11.3. The first-order valence-corrected chi connectivity index (χ1v) is 9.07. The van der Waals surface area contributed by atoms with Gasteiger partial charge in [-0.05, 0) is 37.0 Å². The zero-order valence-electron chi connectivity index (χ0n) is 15.5. The number of amides is 1. The van der Waals surface area contributed by atoms with Gasteiger partial charge in [0.2, 0.25) is 0 Å². The average Bonchev–Trinajstić information content (AvgIpc) is 2.73. The van der Waals surface area contributed by atoms with Crippen molar-refractivity contribution in [3.8, 4) is 0 Å². The molecule has 2 aromatic rings. The number of unbranched alkanes of at least 4 members (excludes halogenated alkanes) is 1. The molecule has 1 atom stereocenters. The first-order chi connectivity index (χ1) is 13.6. The highest BCUT2D eigenvalue weighted by atomic mass is 16.6. The summed E-state index contributed by atoms with van der Waals surface area (Å²) >= 11 is 0. The van der Waals surface area contributed by atoms with E-state index in [1.165, 1.54) is 0 Å². The van der Waals surface area contributed by atoms with Gasteiger partial charge in [-0.15, -0.1) is 0 Å². The molecule has 7 nitrogen and oxygen atoms in total. The van der Waals surface area contributed by atoms with Crippen LogP contribution in [0.2, 0.25) is 0 Å². The first-order valence-electron chi connectivity index (χ1n) is 9.07. The Kier molecular flexibility index (Phi) is 8.68. The largest absolute Gasteiger partial charge is 0.445 e. The average molecular weight is 384 g/mol. The van der Waals surface area contributed by atoms with Crippen molar-refractivity contribution in [2.45, 2.75) is 31.9 Å². The number of carbonyl (C=O) groups is 3. The minimum absolute atomic E-state index is 0.207. The van der Waals surface area contributed by atoms with E-state index in [0.29, 0.717) is 31.4 Å². The van der Waals surface area contributed by atoms with Crippen molar-refractivity contribution in [1.82, 2.24) is 5.32 Å². The van der Waals surface area contributed by atoms with Crippen LogP contribution < -0.4 is 11.1 Å². The third-order valence-electron chi connectivity index (χ3n) is 3.93. The molecule has 0 heterocycles. The number of hydrogen-bond donors (Lipinski definition) is 2. The molecular weight excluding hydrogens is 360 g/mol. The predicted molar refractivity (Wildman–Crippen MR) is 103 cm³/mol. The number of rotatable bonds is 9. The fourth-order valence-corrected chi connectivity index (χ4v) is 2.37. The van der Waals surface area contributed by atoms with E-state index in [1.807, 2.05) is 30.3 Å². The van der Waals surface area contributed by atoms with Crippen LogP contribution in [0.5, 0.6) is 0 Å². The second-order valence-electron chi connectivity index (χ2n) is 6.17. The summed E-state index contributed by atoms with van der Waals surface area (Å²) in [7, 11) is 0. The lowest BCUT2D eigenvalue weighted by Crippen LogP contribution is -2.34. The van der Waals surface area contributed by atoms with Crippen molar-refractivity contribution in [3.05, 3.63) is 71.8 Å². The molecule has 28 heavy (non-hydrogen) atoms. The Bertz CT molecular complexity index is 765. The summed E-state index contributed by atoms with van der Waals surface area (Å²) in [6.07, 6.45) is 1.06. The van der Waals surface area contributed by atoms with Crippen LogP contribution in [0.3, 0.4) is 0 Å². The molecule has 7 heteroatoms. The van der Waals surface area contributed by atoms with Gasteiger partial charge in [-0.25, -0.2) is 14.4 Å². The standard InChI is InChI=1S/C21H24N2O5/c22-18(20(25)28-19(24)17-11-5-2-6-12-17)13-7-8-14-23-21(26)27-15-16-9-3-1-4-10-16/h1-6,9-12,18H,7-8,13-15,22H2,(H,23,26)/t18-/m0/s1. The molecule has 0 aliphatic heterocycles. The van der Waals surface area contributed by atoms with Crippen LogP contribution in [-0.2, 0) is 20.9 Å². The number of nitrogens with two attached hydrogens (primary N) is 1. The van der Waals surface area contributed by atoms with Gasteiger partial charge in [0.1, 0.15) is 12.6 Å². The first kappa shape index (κ1) is 21.1. The van der Waals surface area contributed by atoms with E-state index >= 15 is 0 Å². The summed E-state index contributed by atoms with van der Waals surface area (Å²) in [5, 5.41) is 2.64. The molecule has 2 aromatic carbocycles. The van der Waals surface area contributed by atoms with Crippen LogP contribution in [0, 0.1) is 0 Å². The minimum Gasteiger partial charge on any atom is -0.445 e. The lowest BCUT2D eigenvalue weighted by Gasteiger charge is -2.11. The van der Waals surface area contributed by atoms with Crippen molar-refractivity contribution in [2.75, 3.05) is 6.54 Å². The molecule has 148 valence electrons. The number of ether oxygens (including phenoxy) is 2. The number of alkyl carbamates (subject to hydrolysis) is 1. The van der Waals surface area contributed by atoms with Crippen LogP contribution in [-0.4, -0.2) is 30.6 Å². The predicted octanol–water partition coefficient (Wildman–Crippen LogP) is 2.79. The van der Waals surface area contributed by atoms with E-state index in [9.17, 15) is 14.4 Å². The Hall–Kier alpha value is -3.19. The van der Waals surface area contributed by atoms with E-state index < -0.39 is 24.1 Å². The van der Waals surface area contributed by atoms with E-state index in [0.717, 1.165) is 5.56 Å². The lowest BCUT2D eigenvalue weighted by molar-refractivity contribution is -0.139. The fourth-order valence-electron chi connectivity index (χ4n) is 2.37. The molecule has 0 spiro atoms. The van der Waals surface area contributed by atoms with E-state index in [-0.39, 0.29) is 6.61 Å². The number of hydrogen-bond acceptors (Lipinski definition) is 6. The molecular formula is C21H24N2O5. The van der Waals surface area contributed by atoms with Crippen LogP contribution in [0.25, 0.3) is 0 Å². The molecule has 0 fully saturated rings. The van der Waals surface area contributed by atoms with Gasteiger partial charge in [0.25, 0.3) is 0 Å². The third-order valence-corrected chi connectivity index (χ3v) is 3.93. The Morgan fingerprint density at radius 2 is 1.57 bits per heavy atom. The van der Waals surface area contributed by atoms with Crippen molar-refractivity contribution >= 4 is 18.0 Å². The van der Waals surface area contributed by atoms with Gasteiger partial charge >= 0.3 is 18.0 Å².